The maximum absolute atomic E-state index is 12.3. The number of carbonyl (C=O) groups is 2. The van der Waals surface area contributed by atoms with Gasteiger partial charge in [0.25, 0.3) is 5.91 Å². The van der Waals surface area contributed by atoms with E-state index in [0.29, 0.717) is 5.56 Å². The van der Waals surface area contributed by atoms with Crippen LogP contribution in [0.25, 0.3) is 0 Å². The minimum absolute atomic E-state index is 0.0247. The number of hydrogen-bond acceptors (Lipinski definition) is 3. The predicted molar refractivity (Wildman–Crippen MR) is 65.8 cm³/mol. The van der Waals surface area contributed by atoms with E-state index in [9.17, 15) is 14.7 Å². The number of nitrogens with one attached hydrogen (secondary N) is 1. The lowest BCUT2D eigenvalue weighted by Crippen LogP contribution is -2.55. The van der Waals surface area contributed by atoms with Gasteiger partial charge in [-0.05, 0) is 31.5 Å². The van der Waals surface area contributed by atoms with E-state index >= 15 is 0 Å². The third kappa shape index (κ3) is 2.30. The van der Waals surface area contributed by atoms with Crippen molar-refractivity contribution >= 4 is 11.8 Å². The van der Waals surface area contributed by atoms with Gasteiger partial charge in [-0.1, -0.05) is 12.1 Å². The lowest BCUT2D eigenvalue weighted by atomic mass is 10.0. The molecule has 1 unspecified atom stereocenters. The number of rotatable bonds is 2. The van der Waals surface area contributed by atoms with Crippen molar-refractivity contribution in [1.29, 1.82) is 0 Å². The molecule has 2 N–H and O–H groups in total. The molecule has 1 heterocycles. The predicted octanol–water partition coefficient (Wildman–Crippen LogP) is 0.800. The van der Waals surface area contributed by atoms with Crippen LogP contribution in [-0.2, 0) is 9.59 Å². The number of benzene rings is 1. The van der Waals surface area contributed by atoms with Gasteiger partial charge in [-0.25, -0.2) is 0 Å². The topological polar surface area (TPSA) is 69.6 Å². The summed E-state index contributed by atoms with van der Waals surface area (Å²) in [4.78, 5) is 25.4. The zero-order chi connectivity index (χ0) is 13.3. The Balaban J connectivity index is 2.32. The number of aromatic hydroxyl groups is 1. The highest BCUT2D eigenvalue weighted by Gasteiger charge is 2.34. The number of phenols is 1. The van der Waals surface area contributed by atoms with Crippen molar-refractivity contribution in [2.75, 3.05) is 6.54 Å². The van der Waals surface area contributed by atoms with Gasteiger partial charge in [0, 0.05) is 6.04 Å². The van der Waals surface area contributed by atoms with Crippen LogP contribution >= 0.6 is 0 Å². The zero-order valence-corrected chi connectivity index (χ0v) is 10.4. The van der Waals surface area contributed by atoms with E-state index in [1.54, 1.807) is 12.1 Å². The van der Waals surface area contributed by atoms with Crippen LogP contribution in [-0.4, -0.2) is 34.4 Å². The first kappa shape index (κ1) is 12.4. The first-order valence-electron chi connectivity index (χ1n) is 5.88. The molecule has 0 saturated carbocycles. The molecule has 5 nitrogen and oxygen atoms in total. The number of carbonyl (C=O) groups excluding carboxylic acids is 2. The Bertz CT molecular complexity index is 485. The Morgan fingerprint density at radius 1 is 1.39 bits per heavy atom. The van der Waals surface area contributed by atoms with E-state index in [1.165, 1.54) is 17.0 Å². The van der Waals surface area contributed by atoms with E-state index in [1.807, 2.05) is 13.8 Å². The fourth-order valence-corrected chi connectivity index (χ4v) is 2.03. The third-order valence-electron chi connectivity index (χ3n) is 2.98. The molecule has 1 aromatic carbocycles. The Kier molecular flexibility index (Phi) is 3.23. The van der Waals surface area contributed by atoms with Crippen LogP contribution in [0.4, 0.5) is 0 Å². The van der Waals surface area contributed by atoms with Gasteiger partial charge in [0.15, 0.2) is 0 Å². The molecule has 2 amide bonds. The summed E-state index contributed by atoms with van der Waals surface area (Å²) in [5.74, 6) is -0.247. The van der Waals surface area contributed by atoms with Crippen molar-refractivity contribution in [3.63, 3.8) is 0 Å². The number of nitrogens with zero attached hydrogens (tertiary/aromatic N) is 1. The molecule has 5 heteroatoms. The van der Waals surface area contributed by atoms with Gasteiger partial charge < -0.3 is 15.3 Å². The van der Waals surface area contributed by atoms with Gasteiger partial charge in [-0.15, -0.1) is 0 Å². The Morgan fingerprint density at radius 3 is 2.72 bits per heavy atom. The largest absolute Gasteiger partial charge is 0.508 e. The molecule has 1 atom stereocenters. The van der Waals surface area contributed by atoms with Gasteiger partial charge in [0.05, 0.1) is 6.54 Å². The van der Waals surface area contributed by atoms with Gasteiger partial charge >= 0.3 is 0 Å². The van der Waals surface area contributed by atoms with Crippen molar-refractivity contribution in [3.8, 4) is 5.75 Å². The van der Waals surface area contributed by atoms with E-state index in [4.69, 9.17) is 0 Å². The van der Waals surface area contributed by atoms with Gasteiger partial charge in [0.1, 0.15) is 11.8 Å². The highest BCUT2D eigenvalue weighted by molar-refractivity contribution is 5.95. The second kappa shape index (κ2) is 4.68. The van der Waals surface area contributed by atoms with Crippen molar-refractivity contribution < 1.29 is 14.7 Å². The molecule has 0 bridgehead atoms. The molecule has 1 fully saturated rings. The first-order valence-corrected chi connectivity index (χ1v) is 5.88. The highest BCUT2D eigenvalue weighted by atomic mass is 16.3. The summed E-state index contributed by atoms with van der Waals surface area (Å²) in [5.41, 5.74) is 0.596. The quantitative estimate of drug-likeness (QED) is 0.813. The smallest absolute Gasteiger partial charge is 0.250 e. The summed E-state index contributed by atoms with van der Waals surface area (Å²) in [7, 11) is 0. The Labute approximate surface area is 105 Å². The maximum Gasteiger partial charge on any atom is 0.250 e. The lowest BCUT2D eigenvalue weighted by Gasteiger charge is -2.35. The monoisotopic (exact) mass is 248 g/mol. The fraction of sp³-hybridized carbons (Fsp3) is 0.385. The van der Waals surface area contributed by atoms with Gasteiger partial charge in [-0.3, -0.25) is 9.59 Å². The van der Waals surface area contributed by atoms with E-state index in [-0.39, 0.29) is 30.2 Å². The summed E-state index contributed by atoms with van der Waals surface area (Å²) >= 11 is 0. The van der Waals surface area contributed by atoms with Crippen molar-refractivity contribution in [2.45, 2.75) is 25.9 Å². The van der Waals surface area contributed by atoms with Gasteiger partial charge in [-0.2, -0.15) is 0 Å². The molecule has 18 heavy (non-hydrogen) atoms. The second-order valence-electron chi connectivity index (χ2n) is 4.66. The minimum atomic E-state index is -0.708. The number of amides is 2. The molecule has 1 aliphatic heterocycles. The Morgan fingerprint density at radius 2 is 2.11 bits per heavy atom. The van der Waals surface area contributed by atoms with Crippen molar-refractivity contribution in [3.05, 3.63) is 29.8 Å². The minimum Gasteiger partial charge on any atom is -0.508 e. The molecule has 0 radical (unpaired) electrons. The molecule has 2 rings (SSSR count). The van der Waals surface area contributed by atoms with Gasteiger partial charge in [0.2, 0.25) is 5.91 Å². The second-order valence-corrected chi connectivity index (χ2v) is 4.66. The summed E-state index contributed by atoms with van der Waals surface area (Å²) < 4.78 is 0. The van der Waals surface area contributed by atoms with Crippen molar-refractivity contribution in [2.24, 2.45) is 0 Å². The Hall–Kier alpha value is -2.04. The summed E-state index contributed by atoms with van der Waals surface area (Å²) in [6, 6.07) is 5.65. The maximum atomic E-state index is 12.3. The summed E-state index contributed by atoms with van der Waals surface area (Å²) in [6.07, 6.45) is 0. The molecule has 0 spiro atoms. The third-order valence-corrected chi connectivity index (χ3v) is 2.98. The van der Waals surface area contributed by atoms with Crippen LogP contribution in [0, 0.1) is 0 Å². The van der Waals surface area contributed by atoms with Crippen LogP contribution in [0.1, 0.15) is 25.5 Å². The molecule has 96 valence electrons. The molecule has 1 aliphatic rings. The first-order chi connectivity index (χ1) is 8.49. The SMILES string of the molecule is CC(C)N1CC(=O)NC(c2cccc(O)c2)C1=O. The fourth-order valence-electron chi connectivity index (χ4n) is 2.03. The molecular formula is C13H16N2O3. The number of phenolic OH excluding ortho intramolecular Hbond substituents is 1. The van der Waals surface area contributed by atoms with Crippen LogP contribution in [0.5, 0.6) is 5.75 Å². The summed E-state index contributed by atoms with van der Waals surface area (Å²) in [6.45, 7) is 3.83. The average Bonchev–Trinajstić information content (AvgIpc) is 2.31. The molecule has 1 aromatic rings. The van der Waals surface area contributed by atoms with E-state index in [2.05, 4.69) is 5.32 Å². The van der Waals surface area contributed by atoms with E-state index < -0.39 is 6.04 Å². The molecular weight excluding hydrogens is 232 g/mol. The molecule has 0 aliphatic carbocycles. The highest BCUT2D eigenvalue weighted by Crippen LogP contribution is 2.23. The normalized spacial score (nSPS) is 20.2. The van der Waals surface area contributed by atoms with E-state index in [0.717, 1.165) is 0 Å². The lowest BCUT2D eigenvalue weighted by molar-refractivity contribution is -0.146. The number of hydrogen-bond donors (Lipinski definition) is 2. The van der Waals surface area contributed by atoms with Crippen LogP contribution in [0.3, 0.4) is 0 Å². The van der Waals surface area contributed by atoms with Crippen LogP contribution in [0.2, 0.25) is 0 Å². The standard InChI is InChI=1S/C13H16N2O3/c1-8(2)15-7-11(17)14-12(13(15)18)9-4-3-5-10(16)6-9/h3-6,8,12,16H,7H2,1-2H3,(H,14,17). The number of piperazine rings is 1. The van der Waals surface area contributed by atoms with Crippen LogP contribution in [0.15, 0.2) is 24.3 Å². The molecule has 1 saturated heterocycles. The summed E-state index contributed by atoms with van der Waals surface area (Å²) in [5, 5.41) is 12.1. The zero-order valence-electron chi connectivity index (χ0n) is 10.4. The van der Waals surface area contributed by atoms with Crippen molar-refractivity contribution in [1.82, 2.24) is 10.2 Å². The molecule has 0 aromatic heterocycles. The van der Waals surface area contributed by atoms with Crippen LogP contribution < -0.4 is 5.32 Å². The average molecular weight is 248 g/mol.